The van der Waals surface area contributed by atoms with Gasteiger partial charge in [-0.25, -0.2) is 0 Å². The molecule has 116 valence electrons. The van der Waals surface area contributed by atoms with Crippen molar-refractivity contribution in [3.05, 3.63) is 47.4 Å². The Hall–Kier alpha value is -2.23. The topological polar surface area (TPSA) is 54.1 Å². The van der Waals surface area contributed by atoms with Crippen LogP contribution >= 0.6 is 0 Å². The molecule has 0 radical (unpaired) electrons. The van der Waals surface area contributed by atoms with Crippen molar-refractivity contribution < 1.29 is 9.53 Å². The third-order valence-corrected chi connectivity index (χ3v) is 4.17. The number of hydrogen-bond acceptors (Lipinski definition) is 2. The average molecular weight is 298 g/mol. The van der Waals surface area contributed by atoms with Gasteiger partial charge in [-0.3, -0.25) is 4.79 Å². The number of fused-ring (bicyclic) bond motifs is 1. The second-order valence-electron chi connectivity index (χ2n) is 5.71. The lowest BCUT2D eigenvalue weighted by molar-refractivity contribution is -0.118. The van der Waals surface area contributed by atoms with E-state index >= 15 is 0 Å². The average Bonchev–Trinajstić information content (AvgIpc) is 2.95. The summed E-state index contributed by atoms with van der Waals surface area (Å²) >= 11 is 0. The first kappa shape index (κ1) is 14.7. The molecule has 0 bridgehead atoms. The summed E-state index contributed by atoms with van der Waals surface area (Å²) in [5.41, 5.74) is 3.28. The van der Waals surface area contributed by atoms with Crippen molar-refractivity contribution in [1.29, 1.82) is 0 Å². The number of allylic oxidation sites excluding steroid dienone is 1. The number of H-pyrrole nitrogens is 1. The number of nitrogens with one attached hydrogen (secondary N) is 2. The van der Waals surface area contributed by atoms with Gasteiger partial charge in [-0.2, -0.15) is 0 Å². The van der Waals surface area contributed by atoms with E-state index in [2.05, 4.69) is 34.7 Å². The van der Waals surface area contributed by atoms with Crippen molar-refractivity contribution in [3.63, 3.8) is 0 Å². The Kier molecular flexibility index (Phi) is 4.47. The third-order valence-electron chi connectivity index (χ3n) is 4.17. The predicted molar refractivity (Wildman–Crippen MR) is 87.5 cm³/mol. The molecule has 0 fully saturated rings. The van der Waals surface area contributed by atoms with Crippen LogP contribution in [0.2, 0.25) is 0 Å². The highest BCUT2D eigenvalue weighted by molar-refractivity contribution is 5.93. The number of aromatic nitrogens is 1. The Morgan fingerprint density at radius 1 is 1.36 bits per heavy atom. The number of ether oxygens (including phenoxy) is 1. The van der Waals surface area contributed by atoms with Gasteiger partial charge < -0.3 is 15.0 Å². The number of aryl methyl sites for hydroxylation is 1. The molecule has 0 aliphatic carbocycles. The summed E-state index contributed by atoms with van der Waals surface area (Å²) in [6, 6.07) is 8.30. The highest BCUT2D eigenvalue weighted by Crippen LogP contribution is 2.20. The van der Waals surface area contributed by atoms with Crippen molar-refractivity contribution in [2.75, 3.05) is 13.2 Å². The minimum absolute atomic E-state index is 0.0242. The quantitative estimate of drug-likeness (QED) is 0.832. The zero-order chi connectivity index (χ0) is 15.4. The zero-order valence-corrected chi connectivity index (χ0v) is 12.9. The van der Waals surface area contributed by atoms with E-state index in [0.717, 1.165) is 43.6 Å². The minimum Gasteiger partial charge on any atom is -0.498 e. The summed E-state index contributed by atoms with van der Waals surface area (Å²) in [7, 11) is 0. The summed E-state index contributed by atoms with van der Waals surface area (Å²) < 4.78 is 5.44. The lowest BCUT2D eigenvalue weighted by atomic mass is 10.1. The molecule has 1 aliphatic rings. The molecule has 0 saturated heterocycles. The summed E-state index contributed by atoms with van der Waals surface area (Å²) in [5.74, 6) is 0.802. The first-order chi connectivity index (χ1) is 10.8. The summed E-state index contributed by atoms with van der Waals surface area (Å²) in [4.78, 5) is 15.4. The molecule has 0 atom stereocenters. The Morgan fingerprint density at radius 3 is 3.09 bits per heavy atom. The normalized spacial score (nSPS) is 15.0. The first-order valence-electron chi connectivity index (χ1n) is 7.91. The predicted octanol–water partition coefficient (Wildman–Crippen LogP) is 3.30. The van der Waals surface area contributed by atoms with Crippen molar-refractivity contribution in [2.45, 2.75) is 32.6 Å². The molecule has 4 heteroatoms. The van der Waals surface area contributed by atoms with Crippen LogP contribution in [0.15, 0.2) is 41.8 Å². The number of aromatic amines is 1. The van der Waals surface area contributed by atoms with Gasteiger partial charge in [-0.05, 0) is 44.2 Å². The zero-order valence-electron chi connectivity index (χ0n) is 12.9. The van der Waals surface area contributed by atoms with E-state index in [0.29, 0.717) is 6.54 Å². The monoisotopic (exact) mass is 298 g/mol. The van der Waals surface area contributed by atoms with Gasteiger partial charge in [0.25, 0.3) is 5.91 Å². The molecule has 0 unspecified atom stereocenters. The molecule has 1 aromatic carbocycles. The highest BCUT2D eigenvalue weighted by atomic mass is 16.5. The first-order valence-corrected chi connectivity index (χ1v) is 7.91. The van der Waals surface area contributed by atoms with Crippen LogP contribution in [0.25, 0.3) is 10.9 Å². The molecule has 0 spiro atoms. The van der Waals surface area contributed by atoms with Gasteiger partial charge in [-0.1, -0.05) is 18.2 Å². The van der Waals surface area contributed by atoms with Crippen LogP contribution in [0.3, 0.4) is 0 Å². The number of carbonyl (C=O) groups excluding carboxylic acids is 1. The van der Waals surface area contributed by atoms with E-state index in [1.54, 1.807) is 0 Å². The van der Waals surface area contributed by atoms with Gasteiger partial charge in [0, 0.05) is 23.6 Å². The SMILES string of the molecule is CC1=C(C(=O)NCCCc2c[nH]c3ccccc23)CCCO1. The van der Waals surface area contributed by atoms with Crippen LogP contribution in [0.5, 0.6) is 0 Å². The third kappa shape index (κ3) is 3.16. The number of amides is 1. The Bertz CT molecular complexity index is 700. The van der Waals surface area contributed by atoms with Gasteiger partial charge in [-0.15, -0.1) is 0 Å². The van der Waals surface area contributed by atoms with Gasteiger partial charge in [0.2, 0.25) is 0 Å². The molecule has 2 N–H and O–H groups in total. The largest absolute Gasteiger partial charge is 0.498 e. The molecular weight excluding hydrogens is 276 g/mol. The second kappa shape index (κ2) is 6.69. The fraction of sp³-hybridized carbons (Fsp3) is 0.389. The molecule has 22 heavy (non-hydrogen) atoms. The van der Waals surface area contributed by atoms with E-state index in [1.165, 1.54) is 16.5 Å². The van der Waals surface area contributed by atoms with Crippen LogP contribution < -0.4 is 5.32 Å². The lowest BCUT2D eigenvalue weighted by Gasteiger charge is -2.18. The molecule has 3 rings (SSSR count). The standard InChI is InChI=1S/C18H22N2O2/c1-13-15(8-5-11-22-13)18(21)19-10-4-6-14-12-20-17-9-3-2-7-16(14)17/h2-3,7,9,12,20H,4-6,8,10-11H2,1H3,(H,19,21). The van der Waals surface area contributed by atoms with Gasteiger partial charge in [0.05, 0.1) is 12.2 Å². The molecule has 1 aromatic heterocycles. The number of carbonyl (C=O) groups is 1. The summed E-state index contributed by atoms with van der Waals surface area (Å²) in [6.45, 7) is 3.29. The van der Waals surface area contributed by atoms with Gasteiger partial charge in [0.15, 0.2) is 0 Å². The van der Waals surface area contributed by atoms with Crippen LogP contribution in [0.1, 0.15) is 31.7 Å². The van der Waals surface area contributed by atoms with Crippen molar-refractivity contribution in [2.24, 2.45) is 0 Å². The molecule has 1 aliphatic heterocycles. The Balaban J connectivity index is 1.50. The van der Waals surface area contributed by atoms with Gasteiger partial charge >= 0.3 is 0 Å². The Labute approximate surface area is 130 Å². The highest BCUT2D eigenvalue weighted by Gasteiger charge is 2.17. The molecule has 1 amide bonds. The van der Waals surface area contributed by atoms with E-state index < -0.39 is 0 Å². The van der Waals surface area contributed by atoms with E-state index in [9.17, 15) is 4.79 Å². The number of benzene rings is 1. The fourth-order valence-electron chi connectivity index (χ4n) is 2.94. The van der Waals surface area contributed by atoms with Crippen molar-refractivity contribution >= 4 is 16.8 Å². The van der Waals surface area contributed by atoms with Crippen LogP contribution in [-0.4, -0.2) is 24.0 Å². The maximum atomic E-state index is 12.1. The van der Waals surface area contributed by atoms with Crippen LogP contribution in [0, 0.1) is 0 Å². The molecule has 2 aromatic rings. The molecule has 0 saturated carbocycles. The molecule has 2 heterocycles. The van der Waals surface area contributed by atoms with Crippen LogP contribution in [0.4, 0.5) is 0 Å². The smallest absolute Gasteiger partial charge is 0.250 e. The molecule has 4 nitrogen and oxygen atoms in total. The Morgan fingerprint density at radius 2 is 2.23 bits per heavy atom. The van der Waals surface area contributed by atoms with Crippen LogP contribution in [-0.2, 0) is 16.0 Å². The van der Waals surface area contributed by atoms with E-state index in [4.69, 9.17) is 4.74 Å². The minimum atomic E-state index is 0.0242. The number of rotatable bonds is 5. The maximum absolute atomic E-state index is 12.1. The number of hydrogen-bond donors (Lipinski definition) is 2. The maximum Gasteiger partial charge on any atom is 0.250 e. The second-order valence-corrected chi connectivity index (χ2v) is 5.71. The summed E-state index contributed by atoms with van der Waals surface area (Å²) in [6.07, 6.45) is 5.70. The lowest BCUT2D eigenvalue weighted by Crippen LogP contribution is -2.28. The molecular formula is C18H22N2O2. The van der Waals surface area contributed by atoms with Gasteiger partial charge in [0.1, 0.15) is 5.76 Å². The van der Waals surface area contributed by atoms with E-state index in [1.807, 2.05) is 13.0 Å². The van der Waals surface area contributed by atoms with E-state index in [-0.39, 0.29) is 5.91 Å². The fourth-order valence-corrected chi connectivity index (χ4v) is 2.94. The number of para-hydroxylation sites is 1. The van der Waals surface area contributed by atoms with Crippen molar-refractivity contribution in [3.8, 4) is 0 Å². The summed E-state index contributed by atoms with van der Waals surface area (Å²) in [5, 5.41) is 4.28. The van der Waals surface area contributed by atoms with Crippen molar-refractivity contribution in [1.82, 2.24) is 10.3 Å².